The van der Waals surface area contributed by atoms with Crippen molar-refractivity contribution in [2.24, 2.45) is 5.92 Å². The second kappa shape index (κ2) is 6.19. The standard InChI is InChI=1S/C15H26N2O/c1-10(2)8-16-9-14-12(5)7-13(6)17(11(3)4)15(14)18/h7,10-11,16H,8-9H2,1-6H3. The molecule has 0 radical (unpaired) electrons. The predicted molar refractivity (Wildman–Crippen MR) is 77.1 cm³/mol. The van der Waals surface area contributed by atoms with Crippen LogP contribution in [0.3, 0.4) is 0 Å². The summed E-state index contributed by atoms with van der Waals surface area (Å²) in [5.74, 6) is 0.600. The first-order valence-electron chi connectivity index (χ1n) is 6.77. The number of aromatic nitrogens is 1. The van der Waals surface area contributed by atoms with E-state index >= 15 is 0 Å². The van der Waals surface area contributed by atoms with Gasteiger partial charge in [0.05, 0.1) is 0 Å². The Kier molecular flexibility index (Phi) is 5.15. The van der Waals surface area contributed by atoms with Gasteiger partial charge in [-0.3, -0.25) is 4.79 Å². The van der Waals surface area contributed by atoms with Crippen LogP contribution in [-0.2, 0) is 6.54 Å². The van der Waals surface area contributed by atoms with Gasteiger partial charge in [0.1, 0.15) is 0 Å². The smallest absolute Gasteiger partial charge is 0.255 e. The monoisotopic (exact) mass is 250 g/mol. The Labute approximate surface area is 110 Å². The number of rotatable bonds is 5. The third-order valence-electron chi connectivity index (χ3n) is 3.13. The minimum atomic E-state index is 0.152. The van der Waals surface area contributed by atoms with Gasteiger partial charge in [0.15, 0.2) is 0 Å². The van der Waals surface area contributed by atoms with E-state index < -0.39 is 0 Å². The Hall–Kier alpha value is -1.09. The van der Waals surface area contributed by atoms with Crippen molar-refractivity contribution < 1.29 is 0 Å². The highest BCUT2D eigenvalue weighted by Gasteiger charge is 2.12. The number of aryl methyl sites for hydroxylation is 2. The van der Waals surface area contributed by atoms with Gasteiger partial charge in [0, 0.05) is 23.8 Å². The van der Waals surface area contributed by atoms with Gasteiger partial charge in [0.25, 0.3) is 5.56 Å². The van der Waals surface area contributed by atoms with Gasteiger partial charge in [0.2, 0.25) is 0 Å². The number of nitrogens with zero attached hydrogens (tertiary/aromatic N) is 1. The number of nitrogens with one attached hydrogen (secondary N) is 1. The zero-order valence-corrected chi connectivity index (χ0v) is 12.5. The average molecular weight is 250 g/mol. The lowest BCUT2D eigenvalue weighted by Gasteiger charge is -2.18. The summed E-state index contributed by atoms with van der Waals surface area (Å²) in [6.07, 6.45) is 0. The Bertz CT molecular complexity index is 458. The molecule has 102 valence electrons. The van der Waals surface area contributed by atoms with Gasteiger partial charge in [-0.2, -0.15) is 0 Å². The van der Waals surface area contributed by atoms with Crippen LogP contribution < -0.4 is 10.9 Å². The first-order valence-corrected chi connectivity index (χ1v) is 6.77. The molecule has 1 aromatic rings. The van der Waals surface area contributed by atoms with Crippen LogP contribution in [0.25, 0.3) is 0 Å². The van der Waals surface area contributed by atoms with Gasteiger partial charge < -0.3 is 9.88 Å². The maximum absolute atomic E-state index is 12.5. The van der Waals surface area contributed by atoms with Gasteiger partial charge in [-0.15, -0.1) is 0 Å². The molecule has 0 fully saturated rings. The minimum Gasteiger partial charge on any atom is -0.312 e. The number of pyridine rings is 1. The number of hydrogen-bond acceptors (Lipinski definition) is 2. The van der Waals surface area contributed by atoms with Crippen molar-refractivity contribution in [3.63, 3.8) is 0 Å². The molecular formula is C15H26N2O. The van der Waals surface area contributed by atoms with Crippen molar-refractivity contribution in [3.8, 4) is 0 Å². The van der Waals surface area contributed by atoms with Gasteiger partial charge in [-0.1, -0.05) is 13.8 Å². The van der Waals surface area contributed by atoms with E-state index in [9.17, 15) is 4.79 Å². The first kappa shape index (κ1) is 15.0. The molecule has 0 aliphatic rings. The van der Waals surface area contributed by atoms with E-state index in [0.717, 1.165) is 23.4 Å². The molecule has 0 aliphatic carbocycles. The normalized spacial score (nSPS) is 11.6. The maximum Gasteiger partial charge on any atom is 0.255 e. The summed E-state index contributed by atoms with van der Waals surface area (Å²) >= 11 is 0. The zero-order chi connectivity index (χ0) is 13.9. The maximum atomic E-state index is 12.5. The molecule has 18 heavy (non-hydrogen) atoms. The van der Waals surface area contributed by atoms with Crippen LogP contribution in [0.4, 0.5) is 0 Å². The highest BCUT2D eigenvalue weighted by atomic mass is 16.1. The largest absolute Gasteiger partial charge is 0.312 e. The molecule has 0 amide bonds. The second-order valence-corrected chi connectivity index (χ2v) is 5.74. The van der Waals surface area contributed by atoms with Crippen LogP contribution >= 0.6 is 0 Å². The lowest BCUT2D eigenvalue weighted by atomic mass is 10.1. The molecule has 1 aromatic heterocycles. The molecule has 3 nitrogen and oxygen atoms in total. The molecule has 1 rings (SSSR count). The summed E-state index contributed by atoms with van der Waals surface area (Å²) in [6, 6.07) is 2.32. The number of hydrogen-bond donors (Lipinski definition) is 1. The van der Waals surface area contributed by atoms with Gasteiger partial charge in [-0.05, 0) is 51.8 Å². The predicted octanol–water partition coefficient (Wildman–Crippen LogP) is 2.79. The van der Waals surface area contributed by atoms with Crippen LogP contribution in [0, 0.1) is 19.8 Å². The van der Waals surface area contributed by atoms with E-state index in [1.54, 1.807) is 0 Å². The topological polar surface area (TPSA) is 34.0 Å². The van der Waals surface area contributed by atoms with E-state index in [1.165, 1.54) is 0 Å². The SMILES string of the molecule is Cc1cc(C)n(C(C)C)c(=O)c1CNCC(C)C. The molecule has 0 aliphatic heterocycles. The van der Waals surface area contributed by atoms with Crippen molar-refractivity contribution in [2.45, 2.75) is 54.1 Å². The van der Waals surface area contributed by atoms with E-state index in [2.05, 4.69) is 39.1 Å². The molecule has 3 heteroatoms. The summed E-state index contributed by atoms with van der Waals surface area (Å²) in [5.41, 5.74) is 3.18. The van der Waals surface area contributed by atoms with Crippen molar-refractivity contribution >= 4 is 0 Å². The highest BCUT2D eigenvalue weighted by Crippen LogP contribution is 2.11. The molecule has 0 spiro atoms. The fraction of sp³-hybridized carbons (Fsp3) is 0.667. The second-order valence-electron chi connectivity index (χ2n) is 5.74. The summed E-state index contributed by atoms with van der Waals surface area (Å²) in [7, 11) is 0. The third-order valence-corrected chi connectivity index (χ3v) is 3.13. The molecule has 0 aromatic carbocycles. The van der Waals surface area contributed by atoms with Crippen molar-refractivity contribution in [1.29, 1.82) is 0 Å². The Morgan fingerprint density at radius 2 is 1.83 bits per heavy atom. The van der Waals surface area contributed by atoms with Crippen LogP contribution in [-0.4, -0.2) is 11.1 Å². The average Bonchev–Trinajstić information content (AvgIpc) is 2.21. The Morgan fingerprint density at radius 3 is 2.33 bits per heavy atom. The highest BCUT2D eigenvalue weighted by molar-refractivity contribution is 5.26. The Balaban J connectivity index is 3.05. The molecule has 0 saturated heterocycles. The van der Waals surface area contributed by atoms with E-state index in [4.69, 9.17) is 0 Å². The molecule has 0 atom stereocenters. The van der Waals surface area contributed by atoms with Crippen LogP contribution in [0.2, 0.25) is 0 Å². The van der Waals surface area contributed by atoms with Gasteiger partial charge >= 0.3 is 0 Å². The fourth-order valence-electron chi connectivity index (χ4n) is 2.29. The Morgan fingerprint density at radius 1 is 1.22 bits per heavy atom. The quantitative estimate of drug-likeness (QED) is 0.872. The fourth-order valence-corrected chi connectivity index (χ4v) is 2.29. The van der Waals surface area contributed by atoms with E-state index in [0.29, 0.717) is 12.5 Å². The summed E-state index contributed by atoms with van der Waals surface area (Å²) in [4.78, 5) is 12.5. The van der Waals surface area contributed by atoms with E-state index in [-0.39, 0.29) is 11.6 Å². The van der Waals surface area contributed by atoms with Gasteiger partial charge in [-0.25, -0.2) is 0 Å². The molecule has 0 bridgehead atoms. The summed E-state index contributed by atoms with van der Waals surface area (Å²) in [6.45, 7) is 14.1. The van der Waals surface area contributed by atoms with Crippen LogP contribution in [0.5, 0.6) is 0 Å². The molecular weight excluding hydrogens is 224 g/mol. The molecule has 0 saturated carbocycles. The molecule has 1 heterocycles. The van der Waals surface area contributed by atoms with Crippen molar-refractivity contribution in [2.75, 3.05) is 6.54 Å². The third kappa shape index (κ3) is 3.45. The van der Waals surface area contributed by atoms with Crippen molar-refractivity contribution in [3.05, 3.63) is 33.2 Å². The summed E-state index contributed by atoms with van der Waals surface area (Å²) in [5, 5.41) is 3.36. The van der Waals surface area contributed by atoms with Crippen LogP contribution in [0.15, 0.2) is 10.9 Å². The first-order chi connectivity index (χ1) is 8.34. The van der Waals surface area contributed by atoms with Crippen LogP contribution in [0.1, 0.15) is 50.6 Å². The minimum absolute atomic E-state index is 0.152. The van der Waals surface area contributed by atoms with E-state index in [1.807, 2.05) is 18.4 Å². The zero-order valence-electron chi connectivity index (χ0n) is 12.5. The molecule has 0 unspecified atom stereocenters. The lowest BCUT2D eigenvalue weighted by Crippen LogP contribution is -2.31. The summed E-state index contributed by atoms with van der Waals surface area (Å²) < 4.78 is 1.87. The van der Waals surface area contributed by atoms with Crippen molar-refractivity contribution in [1.82, 2.24) is 9.88 Å². The lowest BCUT2D eigenvalue weighted by molar-refractivity contribution is 0.531. The molecule has 1 N–H and O–H groups in total.